The lowest BCUT2D eigenvalue weighted by Gasteiger charge is -2.29. The van der Waals surface area contributed by atoms with E-state index < -0.39 is 0 Å². The first kappa shape index (κ1) is 23.3. The van der Waals surface area contributed by atoms with Crippen molar-refractivity contribution in [3.8, 4) is 5.69 Å². The number of hydrogen-bond acceptors (Lipinski definition) is 4. The number of carbonyl (C=O) groups excluding carboxylic acids is 1. The van der Waals surface area contributed by atoms with Gasteiger partial charge in [0, 0.05) is 49.1 Å². The van der Waals surface area contributed by atoms with Crippen LogP contribution in [0.3, 0.4) is 0 Å². The molecule has 1 saturated carbocycles. The largest absolute Gasteiger partial charge is 0.337 e. The van der Waals surface area contributed by atoms with Crippen molar-refractivity contribution < 1.29 is 4.79 Å². The highest BCUT2D eigenvalue weighted by atomic mass is 35.5. The number of halogens is 2. The first-order valence-electron chi connectivity index (χ1n) is 10.2. The molecule has 1 spiro atoms. The molecule has 3 heterocycles. The van der Waals surface area contributed by atoms with Gasteiger partial charge in [0.25, 0.3) is 5.91 Å². The number of aryl methyl sites for hydroxylation is 1. The number of nitrogens with one attached hydrogen (secondary N) is 1. The average Bonchev–Trinajstić information content (AvgIpc) is 3.11. The maximum Gasteiger partial charge on any atom is 0.254 e. The van der Waals surface area contributed by atoms with Gasteiger partial charge in [-0.3, -0.25) is 4.79 Å². The van der Waals surface area contributed by atoms with Crippen LogP contribution in [0.15, 0.2) is 55.4 Å². The molecule has 1 unspecified atom stereocenters. The molecule has 3 aromatic rings. The minimum absolute atomic E-state index is 0. The molecule has 5 rings (SSSR count). The number of carbonyl (C=O) groups is 1. The summed E-state index contributed by atoms with van der Waals surface area (Å²) < 4.78 is 3.94. The van der Waals surface area contributed by atoms with Crippen molar-refractivity contribution >= 4 is 30.7 Å². The molecule has 1 atom stereocenters. The summed E-state index contributed by atoms with van der Waals surface area (Å²) >= 11 is 0. The van der Waals surface area contributed by atoms with Crippen LogP contribution in [0.4, 0.5) is 0 Å². The molecule has 166 valence electrons. The van der Waals surface area contributed by atoms with Crippen LogP contribution in [-0.4, -0.2) is 49.0 Å². The second-order valence-electron chi connectivity index (χ2n) is 8.24. The fraction of sp³-hybridized carbons (Fsp3) is 0.409. The van der Waals surface area contributed by atoms with Crippen LogP contribution in [0.5, 0.6) is 0 Å². The average molecular weight is 463 g/mol. The Morgan fingerprint density at radius 3 is 2.52 bits per heavy atom. The summed E-state index contributed by atoms with van der Waals surface area (Å²) in [4.78, 5) is 24.2. The minimum atomic E-state index is 0. The topological polar surface area (TPSA) is 68.0 Å². The summed E-state index contributed by atoms with van der Waals surface area (Å²) in [7, 11) is 1.98. The molecular weight excluding hydrogens is 435 g/mol. The highest BCUT2D eigenvalue weighted by molar-refractivity contribution is 5.95. The molecule has 0 bridgehead atoms. The van der Waals surface area contributed by atoms with Gasteiger partial charge >= 0.3 is 0 Å². The molecule has 1 aromatic carbocycles. The monoisotopic (exact) mass is 462 g/mol. The van der Waals surface area contributed by atoms with Crippen LogP contribution in [0, 0.1) is 5.41 Å². The van der Waals surface area contributed by atoms with Crippen molar-refractivity contribution in [2.75, 3.05) is 13.1 Å². The molecule has 1 aliphatic carbocycles. The molecule has 9 heteroatoms. The van der Waals surface area contributed by atoms with Crippen molar-refractivity contribution in [1.29, 1.82) is 0 Å². The predicted octanol–water partition coefficient (Wildman–Crippen LogP) is 3.23. The first-order valence-corrected chi connectivity index (χ1v) is 10.2. The standard InChI is InChI=1S/C22H26N6O.2ClH/c1-26-12-11-25-20(26)15-28(19-14-22(19)6-8-23-9-7-22)21(29)17-2-4-18(5-3-17)27-13-10-24-16-27;;/h2-5,10-13,16,19,23H,6-9,14-15H2,1H3;2*1H. The number of benzene rings is 1. The van der Waals surface area contributed by atoms with E-state index >= 15 is 0 Å². The Morgan fingerprint density at radius 1 is 1.16 bits per heavy atom. The van der Waals surface area contributed by atoms with E-state index in [4.69, 9.17) is 0 Å². The van der Waals surface area contributed by atoms with Gasteiger partial charge in [-0.2, -0.15) is 0 Å². The Kier molecular flexibility index (Phi) is 7.09. The van der Waals surface area contributed by atoms with Crippen molar-refractivity contribution in [1.82, 2.24) is 29.3 Å². The lowest BCUT2D eigenvalue weighted by atomic mass is 9.93. The number of amides is 1. The number of aromatic nitrogens is 4. The summed E-state index contributed by atoms with van der Waals surface area (Å²) in [5, 5.41) is 3.45. The van der Waals surface area contributed by atoms with Crippen LogP contribution in [0.2, 0.25) is 0 Å². The highest BCUT2D eigenvalue weighted by Gasteiger charge is 2.57. The van der Waals surface area contributed by atoms with Gasteiger partial charge in [-0.15, -0.1) is 24.8 Å². The molecule has 2 aliphatic rings. The second kappa shape index (κ2) is 9.42. The molecule has 1 N–H and O–H groups in total. The van der Waals surface area contributed by atoms with Gasteiger partial charge in [0.1, 0.15) is 5.82 Å². The molecule has 7 nitrogen and oxygen atoms in total. The molecule has 31 heavy (non-hydrogen) atoms. The zero-order chi connectivity index (χ0) is 19.8. The maximum atomic E-state index is 13.5. The fourth-order valence-corrected chi connectivity index (χ4v) is 4.61. The normalized spacial score (nSPS) is 18.7. The van der Waals surface area contributed by atoms with E-state index in [-0.39, 0.29) is 36.1 Å². The van der Waals surface area contributed by atoms with Gasteiger partial charge < -0.3 is 19.4 Å². The maximum absolute atomic E-state index is 13.5. The molecule has 1 saturated heterocycles. The molecule has 2 fully saturated rings. The van der Waals surface area contributed by atoms with Gasteiger partial charge in [-0.05, 0) is 62.0 Å². The minimum Gasteiger partial charge on any atom is -0.337 e. The number of piperidine rings is 1. The van der Waals surface area contributed by atoms with Gasteiger partial charge in [-0.25, -0.2) is 9.97 Å². The molecular formula is C22H28Cl2N6O. The van der Waals surface area contributed by atoms with Crippen molar-refractivity contribution in [2.45, 2.75) is 31.8 Å². The Balaban J connectivity index is 0.00000136. The summed E-state index contributed by atoms with van der Waals surface area (Å²) in [5.41, 5.74) is 2.00. The summed E-state index contributed by atoms with van der Waals surface area (Å²) in [6.45, 7) is 2.63. The Morgan fingerprint density at radius 2 is 1.90 bits per heavy atom. The van der Waals surface area contributed by atoms with Crippen LogP contribution >= 0.6 is 24.8 Å². The highest BCUT2D eigenvalue weighted by Crippen LogP contribution is 2.56. The van der Waals surface area contributed by atoms with Crippen LogP contribution in [0.25, 0.3) is 5.69 Å². The van der Waals surface area contributed by atoms with Crippen LogP contribution in [-0.2, 0) is 13.6 Å². The van der Waals surface area contributed by atoms with Crippen molar-refractivity contribution in [3.05, 3.63) is 66.8 Å². The molecule has 1 amide bonds. The zero-order valence-corrected chi connectivity index (χ0v) is 19.1. The lowest BCUT2D eigenvalue weighted by Crippen LogP contribution is -2.39. The van der Waals surface area contributed by atoms with Crippen molar-refractivity contribution in [2.24, 2.45) is 12.5 Å². The zero-order valence-electron chi connectivity index (χ0n) is 17.5. The predicted molar refractivity (Wildman–Crippen MR) is 124 cm³/mol. The second-order valence-corrected chi connectivity index (χ2v) is 8.24. The van der Waals surface area contributed by atoms with E-state index in [0.717, 1.165) is 49.4 Å². The third-order valence-corrected chi connectivity index (χ3v) is 6.53. The summed E-state index contributed by atoms with van der Waals surface area (Å²) in [6, 6.07) is 8.07. The molecule has 1 aliphatic heterocycles. The van der Waals surface area contributed by atoms with Gasteiger partial charge in [0.15, 0.2) is 0 Å². The van der Waals surface area contributed by atoms with E-state index in [9.17, 15) is 4.79 Å². The number of imidazole rings is 2. The fourth-order valence-electron chi connectivity index (χ4n) is 4.61. The van der Waals surface area contributed by atoms with Gasteiger partial charge in [0.2, 0.25) is 0 Å². The van der Waals surface area contributed by atoms with E-state index in [1.54, 1.807) is 18.7 Å². The van der Waals surface area contributed by atoms with Crippen LogP contribution < -0.4 is 5.32 Å². The Hall–Kier alpha value is -2.35. The molecule has 0 radical (unpaired) electrons. The summed E-state index contributed by atoms with van der Waals surface area (Å²) in [5.74, 6) is 1.01. The van der Waals surface area contributed by atoms with Crippen molar-refractivity contribution in [3.63, 3.8) is 0 Å². The Labute approximate surface area is 194 Å². The van der Waals surface area contributed by atoms with Crippen LogP contribution in [0.1, 0.15) is 35.4 Å². The SMILES string of the molecule is Cl.Cl.Cn1ccnc1CN(C(=O)c1ccc(-n2ccnc2)cc1)C1CC12CCNCC2. The quantitative estimate of drug-likeness (QED) is 0.631. The van der Waals surface area contributed by atoms with E-state index in [2.05, 4.69) is 20.2 Å². The smallest absolute Gasteiger partial charge is 0.254 e. The number of nitrogens with zero attached hydrogens (tertiary/aromatic N) is 5. The number of hydrogen-bond donors (Lipinski definition) is 1. The van der Waals surface area contributed by atoms with E-state index in [1.807, 2.05) is 52.8 Å². The first-order chi connectivity index (χ1) is 14.2. The lowest BCUT2D eigenvalue weighted by molar-refractivity contribution is 0.0685. The molecule has 2 aromatic heterocycles. The van der Waals surface area contributed by atoms with E-state index in [1.165, 1.54) is 0 Å². The number of rotatable bonds is 5. The Bertz CT molecular complexity index is 995. The van der Waals surface area contributed by atoms with Gasteiger partial charge in [-0.1, -0.05) is 0 Å². The van der Waals surface area contributed by atoms with Gasteiger partial charge in [0.05, 0.1) is 12.9 Å². The summed E-state index contributed by atoms with van der Waals surface area (Å²) in [6.07, 6.45) is 12.5. The third-order valence-electron chi connectivity index (χ3n) is 6.53. The van der Waals surface area contributed by atoms with E-state index in [0.29, 0.717) is 12.6 Å². The third kappa shape index (κ3) is 4.49.